The molecule has 28 heavy (non-hydrogen) atoms. The fourth-order valence-corrected chi connectivity index (χ4v) is 4.96. The Kier molecular flexibility index (Phi) is 4.78. The summed E-state index contributed by atoms with van der Waals surface area (Å²) in [6.07, 6.45) is -2.47. The van der Waals surface area contributed by atoms with E-state index in [1.165, 1.54) is 12.1 Å². The molecule has 1 saturated heterocycles. The number of hydrogen-bond acceptors (Lipinski definition) is 5. The van der Waals surface area contributed by atoms with Gasteiger partial charge in [-0.3, -0.25) is 0 Å². The van der Waals surface area contributed by atoms with Crippen molar-refractivity contribution in [3.8, 4) is 0 Å². The summed E-state index contributed by atoms with van der Waals surface area (Å²) in [7, 11) is -4.24. The number of halogens is 3. The molecule has 0 unspecified atom stereocenters. The van der Waals surface area contributed by atoms with Crippen molar-refractivity contribution in [2.24, 2.45) is 0 Å². The van der Waals surface area contributed by atoms with Gasteiger partial charge in [-0.2, -0.15) is 22.6 Å². The molecule has 0 atom stereocenters. The SMILES string of the molecule is O=S(=O)(c1ccccc1C(F)(F)F)N1CCN(c2ccc(C3CC3)nn2)CC1. The first-order valence-corrected chi connectivity index (χ1v) is 10.5. The van der Waals surface area contributed by atoms with Gasteiger partial charge in [-0.25, -0.2) is 8.42 Å². The van der Waals surface area contributed by atoms with Crippen LogP contribution in [-0.4, -0.2) is 49.1 Å². The van der Waals surface area contributed by atoms with Crippen molar-refractivity contribution in [3.63, 3.8) is 0 Å². The molecule has 0 radical (unpaired) electrons. The van der Waals surface area contributed by atoms with E-state index in [1.807, 2.05) is 17.0 Å². The quantitative estimate of drug-likeness (QED) is 0.773. The van der Waals surface area contributed by atoms with Crippen molar-refractivity contribution in [1.29, 1.82) is 0 Å². The summed E-state index contributed by atoms with van der Waals surface area (Å²) in [6.45, 7) is 0.844. The highest BCUT2D eigenvalue weighted by atomic mass is 32.2. The van der Waals surface area contributed by atoms with E-state index in [-0.39, 0.29) is 13.1 Å². The van der Waals surface area contributed by atoms with Crippen LogP contribution in [0.5, 0.6) is 0 Å². The minimum absolute atomic E-state index is 0.0839. The fraction of sp³-hybridized carbons (Fsp3) is 0.444. The lowest BCUT2D eigenvalue weighted by Gasteiger charge is -2.34. The van der Waals surface area contributed by atoms with Crippen LogP contribution in [0, 0.1) is 0 Å². The first-order chi connectivity index (χ1) is 13.3. The van der Waals surface area contributed by atoms with Crippen LogP contribution in [0.4, 0.5) is 19.0 Å². The molecule has 0 spiro atoms. The van der Waals surface area contributed by atoms with E-state index in [1.54, 1.807) is 0 Å². The molecule has 6 nitrogen and oxygen atoms in total. The summed E-state index contributed by atoms with van der Waals surface area (Å²) in [5.74, 6) is 1.15. The van der Waals surface area contributed by atoms with Gasteiger partial charge in [0.2, 0.25) is 10.0 Å². The van der Waals surface area contributed by atoms with Crippen LogP contribution < -0.4 is 4.90 Å². The highest BCUT2D eigenvalue weighted by molar-refractivity contribution is 7.89. The second-order valence-corrected chi connectivity index (χ2v) is 8.88. The molecule has 0 N–H and O–H groups in total. The zero-order valence-electron chi connectivity index (χ0n) is 14.9. The van der Waals surface area contributed by atoms with E-state index >= 15 is 0 Å². The molecule has 1 aromatic carbocycles. The molecule has 1 saturated carbocycles. The van der Waals surface area contributed by atoms with Crippen LogP contribution in [0.15, 0.2) is 41.3 Å². The van der Waals surface area contributed by atoms with Crippen LogP contribution >= 0.6 is 0 Å². The lowest BCUT2D eigenvalue weighted by molar-refractivity contribution is -0.139. The van der Waals surface area contributed by atoms with Gasteiger partial charge in [0.25, 0.3) is 0 Å². The van der Waals surface area contributed by atoms with Crippen molar-refractivity contribution >= 4 is 15.8 Å². The van der Waals surface area contributed by atoms with Crippen molar-refractivity contribution in [2.75, 3.05) is 31.1 Å². The minimum atomic E-state index is -4.73. The molecule has 0 bridgehead atoms. The standard InChI is InChI=1S/C18H19F3N4O2S/c19-18(20,21)14-3-1-2-4-16(14)28(26,27)25-11-9-24(10-12-25)17-8-7-15(22-23-17)13-5-6-13/h1-4,7-8,13H,5-6,9-12H2. The first kappa shape index (κ1) is 19.1. The third kappa shape index (κ3) is 3.70. The van der Waals surface area contributed by atoms with Gasteiger partial charge in [-0.05, 0) is 37.1 Å². The van der Waals surface area contributed by atoms with E-state index in [4.69, 9.17) is 0 Å². The van der Waals surface area contributed by atoms with Gasteiger partial charge in [-0.15, -0.1) is 5.10 Å². The molecule has 2 heterocycles. The predicted molar refractivity (Wildman–Crippen MR) is 96.4 cm³/mol. The van der Waals surface area contributed by atoms with E-state index in [0.717, 1.165) is 35.0 Å². The molecule has 150 valence electrons. The van der Waals surface area contributed by atoms with E-state index in [9.17, 15) is 21.6 Å². The van der Waals surface area contributed by atoms with Gasteiger partial charge in [0.15, 0.2) is 5.82 Å². The van der Waals surface area contributed by atoms with E-state index in [2.05, 4.69) is 10.2 Å². The molecule has 10 heteroatoms. The number of sulfonamides is 1. The number of alkyl halides is 3. The maximum Gasteiger partial charge on any atom is 0.417 e. The highest BCUT2D eigenvalue weighted by Gasteiger charge is 2.39. The lowest BCUT2D eigenvalue weighted by Crippen LogP contribution is -2.49. The molecule has 2 aromatic rings. The number of nitrogens with zero attached hydrogens (tertiary/aromatic N) is 4. The number of hydrogen-bond donors (Lipinski definition) is 0. The van der Waals surface area contributed by atoms with Crippen LogP contribution in [0.25, 0.3) is 0 Å². The van der Waals surface area contributed by atoms with Crippen LogP contribution in [0.3, 0.4) is 0 Å². The number of anilines is 1. The summed E-state index contributed by atoms with van der Waals surface area (Å²) in [5, 5.41) is 8.44. The Morgan fingerprint density at radius 3 is 2.18 bits per heavy atom. The number of piperazine rings is 1. The average molecular weight is 412 g/mol. The summed E-state index contributed by atoms with van der Waals surface area (Å²) < 4.78 is 66.4. The number of benzene rings is 1. The Balaban J connectivity index is 1.48. The zero-order chi connectivity index (χ0) is 19.9. The first-order valence-electron chi connectivity index (χ1n) is 9.02. The third-order valence-corrected chi connectivity index (χ3v) is 7.00. The normalized spacial score (nSPS) is 19.0. The molecular formula is C18H19F3N4O2S. The van der Waals surface area contributed by atoms with Crippen molar-refractivity contribution in [3.05, 3.63) is 47.7 Å². The Bertz CT molecular complexity index is 952. The van der Waals surface area contributed by atoms with Crippen molar-refractivity contribution in [2.45, 2.75) is 29.8 Å². The molecule has 1 aliphatic heterocycles. The van der Waals surface area contributed by atoms with Gasteiger partial charge >= 0.3 is 6.18 Å². The maximum atomic E-state index is 13.2. The topological polar surface area (TPSA) is 66.4 Å². The summed E-state index contributed by atoms with van der Waals surface area (Å²) in [5.41, 5.74) is -0.173. The van der Waals surface area contributed by atoms with Gasteiger partial charge in [0.05, 0.1) is 16.2 Å². The van der Waals surface area contributed by atoms with Crippen LogP contribution in [-0.2, 0) is 16.2 Å². The molecule has 2 fully saturated rings. The van der Waals surface area contributed by atoms with Gasteiger partial charge in [0.1, 0.15) is 0 Å². The smallest absolute Gasteiger partial charge is 0.352 e. The number of aromatic nitrogens is 2. The second kappa shape index (κ2) is 7.00. The van der Waals surface area contributed by atoms with Gasteiger partial charge in [0, 0.05) is 32.1 Å². The van der Waals surface area contributed by atoms with Crippen molar-refractivity contribution in [1.82, 2.24) is 14.5 Å². The molecule has 1 aromatic heterocycles. The molecule has 2 aliphatic rings. The monoisotopic (exact) mass is 412 g/mol. The third-order valence-electron chi connectivity index (χ3n) is 5.04. The van der Waals surface area contributed by atoms with Crippen LogP contribution in [0.2, 0.25) is 0 Å². The van der Waals surface area contributed by atoms with E-state index < -0.39 is 26.7 Å². The van der Waals surface area contributed by atoms with Gasteiger partial charge < -0.3 is 4.90 Å². The number of rotatable bonds is 4. The lowest BCUT2D eigenvalue weighted by atomic mass is 10.2. The summed E-state index contributed by atoms with van der Waals surface area (Å²) in [6, 6.07) is 8.08. The summed E-state index contributed by atoms with van der Waals surface area (Å²) >= 11 is 0. The zero-order valence-corrected chi connectivity index (χ0v) is 15.7. The Morgan fingerprint density at radius 2 is 1.61 bits per heavy atom. The second-order valence-electron chi connectivity index (χ2n) is 6.98. The summed E-state index contributed by atoms with van der Waals surface area (Å²) in [4.78, 5) is 1.19. The predicted octanol–water partition coefficient (Wildman–Crippen LogP) is 2.88. The van der Waals surface area contributed by atoms with E-state index in [0.29, 0.717) is 24.8 Å². The average Bonchev–Trinajstić information content (AvgIpc) is 3.53. The van der Waals surface area contributed by atoms with Crippen LogP contribution in [0.1, 0.15) is 30.0 Å². The largest absolute Gasteiger partial charge is 0.417 e. The minimum Gasteiger partial charge on any atom is -0.352 e. The Hall–Kier alpha value is -2.20. The molecule has 0 amide bonds. The fourth-order valence-electron chi connectivity index (χ4n) is 3.32. The molecule has 1 aliphatic carbocycles. The highest BCUT2D eigenvalue weighted by Crippen LogP contribution is 2.39. The Labute approximate surface area is 161 Å². The van der Waals surface area contributed by atoms with Gasteiger partial charge in [-0.1, -0.05) is 12.1 Å². The molecular weight excluding hydrogens is 393 g/mol. The molecule has 4 rings (SSSR count). The Morgan fingerprint density at radius 1 is 0.929 bits per heavy atom. The van der Waals surface area contributed by atoms with Crippen molar-refractivity contribution < 1.29 is 21.6 Å². The maximum absolute atomic E-state index is 13.2.